The van der Waals surface area contributed by atoms with Crippen LogP contribution in [0.5, 0.6) is 0 Å². The average molecular weight is 375 g/mol. The number of carbonyl (C=O) groups excluding carboxylic acids is 3. The molecule has 1 aliphatic carbocycles. The molecule has 9 heteroatoms. The minimum atomic E-state index is -0.802. The highest BCUT2D eigenvalue weighted by molar-refractivity contribution is 5.96. The number of carbonyl (C=O) groups is 3. The highest BCUT2D eigenvalue weighted by atomic mass is 16.6. The summed E-state index contributed by atoms with van der Waals surface area (Å²) in [6.07, 6.45) is 7.41. The molecule has 0 spiro atoms. The number of amides is 3. The van der Waals surface area contributed by atoms with Gasteiger partial charge in [0.1, 0.15) is 0 Å². The van der Waals surface area contributed by atoms with Crippen molar-refractivity contribution in [2.24, 2.45) is 0 Å². The van der Waals surface area contributed by atoms with Gasteiger partial charge in [-0.25, -0.2) is 9.59 Å². The lowest BCUT2D eigenvalue weighted by Crippen LogP contribution is -2.46. The predicted molar refractivity (Wildman–Crippen MR) is 96.6 cm³/mol. The van der Waals surface area contributed by atoms with E-state index in [1.54, 1.807) is 6.07 Å². The number of urea groups is 1. The van der Waals surface area contributed by atoms with E-state index in [2.05, 4.69) is 10.6 Å². The maximum absolute atomic E-state index is 11.7. The van der Waals surface area contributed by atoms with Gasteiger partial charge in [0.2, 0.25) is 0 Å². The molecule has 2 rings (SSSR count). The van der Waals surface area contributed by atoms with Crippen molar-refractivity contribution in [1.82, 2.24) is 10.6 Å². The molecule has 0 aliphatic heterocycles. The summed E-state index contributed by atoms with van der Waals surface area (Å²) in [4.78, 5) is 45.1. The molecule has 0 bridgehead atoms. The number of nitro groups is 1. The molecule has 144 valence electrons. The minimum Gasteiger partial charge on any atom is -0.452 e. The molecule has 0 aromatic heterocycles. The van der Waals surface area contributed by atoms with E-state index >= 15 is 0 Å². The standard InChI is InChI=1S/C18H21N3O6/c22-16(20-18(24)19-14-6-2-1-3-7-14)12-27-17(23)10-9-13-5-4-8-15(11-13)21(25)26/h4-5,8-11,14H,1-3,6-7,12H2,(H2,19,20,22,24)/b10-9+. The number of imide groups is 1. The quantitative estimate of drug-likeness (QED) is 0.340. The van der Waals surface area contributed by atoms with Crippen molar-refractivity contribution < 1.29 is 24.0 Å². The van der Waals surface area contributed by atoms with Crippen LogP contribution in [0.25, 0.3) is 6.08 Å². The summed E-state index contributed by atoms with van der Waals surface area (Å²) in [7, 11) is 0. The van der Waals surface area contributed by atoms with Gasteiger partial charge < -0.3 is 10.1 Å². The summed E-state index contributed by atoms with van der Waals surface area (Å²) in [5.41, 5.74) is 0.339. The third kappa shape index (κ3) is 7.27. The molecule has 9 nitrogen and oxygen atoms in total. The lowest BCUT2D eigenvalue weighted by molar-refractivity contribution is -0.384. The zero-order chi connectivity index (χ0) is 19.6. The van der Waals surface area contributed by atoms with Crippen molar-refractivity contribution in [2.45, 2.75) is 38.1 Å². The Morgan fingerprint density at radius 2 is 1.96 bits per heavy atom. The van der Waals surface area contributed by atoms with E-state index in [0.29, 0.717) is 5.56 Å². The van der Waals surface area contributed by atoms with Crippen LogP contribution < -0.4 is 10.6 Å². The zero-order valence-electron chi connectivity index (χ0n) is 14.7. The monoisotopic (exact) mass is 375 g/mol. The van der Waals surface area contributed by atoms with Gasteiger partial charge in [-0.05, 0) is 24.5 Å². The number of rotatable bonds is 6. The van der Waals surface area contributed by atoms with Crippen LogP contribution in [0.1, 0.15) is 37.7 Å². The maximum Gasteiger partial charge on any atom is 0.331 e. The Bertz CT molecular complexity index is 740. The topological polar surface area (TPSA) is 128 Å². The minimum absolute atomic E-state index is 0.0620. The molecule has 2 N–H and O–H groups in total. The van der Waals surface area contributed by atoms with Gasteiger partial charge in [0.25, 0.3) is 11.6 Å². The Labute approximate surface area is 155 Å². The van der Waals surface area contributed by atoms with Crippen LogP contribution in [-0.2, 0) is 14.3 Å². The molecular weight excluding hydrogens is 354 g/mol. The molecule has 1 aromatic rings. The van der Waals surface area contributed by atoms with Gasteiger partial charge in [0.15, 0.2) is 6.61 Å². The number of benzene rings is 1. The molecule has 1 aromatic carbocycles. The van der Waals surface area contributed by atoms with E-state index in [1.165, 1.54) is 24.3 Å². The summed E-state index contributed by atoms with van der Waals surface area (Å²) >= 11 is 0. The maximum atomic E-state index is 11.7. The second kappa shape index (κ2) is 10.0. The number of nitro benzene ring substituents is 1. The van der Waals surface area contributed by atoms with E-state index in [1.807, 2.05) is 0 Å². The first-order chi connectivity index (χ1) is 12.9. The van der Waals surface area contributed by atoms with E-state index in [9.17, 15) is 24.5 Å². The van der Waals surface area contributed by atoms with Crippen molar-refractivity contribution in [3.05, 3.63) is 46.0 Å². The Morgan fingerprint density at radius 3 is 2.67 bits per heavy atom. The number of esters is 1. The first kappa shape index (κ1) is 20.1. The van der Waals surface area contributed by atoms with Crippen molar-refractivity contribution >= 4 is 29.7 Å². The Morgan fingerprint density at radius 1 is 1.22 bits per heavy atom. The fourth-order valence-electron chi connectivity index (χ4n) is 2.72. The van der Waals surface area contributed by atoms with E-state index < -0.39 is 29.4 Å². The molecule has 3 amide bonds. The summed E-state index contributed by atoms with van der Waals surface area (Å²) in [6.45, 7) is -0.601. The van der Waals surface area contributed by atoms with Crippen LogP contribution in [0.4, 0.5) is 10.5 Å². The number of hydrogen-bond donors (Lipinski definition) is 2. The van der Waals surface area contributed by atoms with Gasteiger partial charge >= 0.3 is 12.0 Å². The normalized spacial score (nSPS) is 14.5. The van der Waals surface area contributed by atoms with Crippen LogP contribution in [0.15, 0.2) is 30.3 Å². The highest BCUT2D eigenvalue weighted by Gasteiger charge is 2.17. The third-order valence-corrected chi connectivity index (χ3v) is 4.03. The average Bonchev–Trinajstić information content (AvgIpc) is 2.65. The Hall–Kier alpha value is -3.23. The Balaban J connectivity index is 1.72. The number of nitrogens with zero attached hydrogens (tertiary/aromatic N) is 1. The first-order valence-corrected chi connectivity index (χ1v) is 8.63. The van der Waals surface area contributed by atoms with Crippen molar-refractivity contribution in [3.8, 4) is 0 Å². The van der Waals surface area contributed by atoms with Crippen molar-refractivity contribution in [2.75, 3.05) is 6.61 Å². The van der Waals surface area contributed by atoms with Gasteiger partial charge in [-0.2, -0.15) is 0 Å². The largest absolute Gasteiger partial charge is 0.452 e. The third-order valence-electron chi connectivity index (χ3n) is 4.03. The first-order valence-electron chi connectivity index (χ1n) is 8.63. The number of non-ortho nitro benzene ring substituents is 1. The summed E-state index contributed by atoms with van der Waals surface area (Å²) in [6, 6.07) is 5.16. The van der Waals surface area contributed by atoms with Crippen LogP contribution in [-0.4, -0.2) is 35.5 Å². The molecule has 1 fully saturated rings. The molecule has 0 atom stereocenters. The van der Waals surface area contributed by atoms with Gasteiger partial charge in [-0.3, -0.25) is 20.2 Å². The number of nitrogens with one attached hydrogen (secondary N) is 2. The van der Waals surface area contributed by atoms with Crippen LogP contribution >= 0.6 is 0 Å². The fourth-order valence-corrected chi connectivity index (χ4v) is 2.72. The lowest BCUT2D eigenvalue weighted by Gasteiger charge is -2.22. The number of hydrogen-bond acceptors (Lipinski definition) is 6. The van der Waals surface area contributed by atoms with Crippen LogP contribution in [0.2, 0.25) is 0 Å². The zero-order valence-corrected chi connectivity index (χ0v) is 14.7. The molecule has 1 aliphatic rings. The highest BCUT2D eigenvalue weighted by Crippen LogP contribution is 2.17. The summed E-state index contributed by atoms with van der Waals surface area (Å²) in [5, 5.41) is 15.5. The van der Waals surface area contributed by atoms with E-state index in [0.717, 1.165) is 38.2 Å². The predicted octanol–water partition coefficient (Wildman–Crippen LogP) is 2.31. The van der Waals surface area contributed by atoms with Crippen molar-refractivity contribution in [1.29, 1.82) is 0 Å². The molecule has 0 saturated heterocycles. The van der Waals surface area contributed by atoms with Gasteiger partial charge in [-0.15, -0.1) is 0 Å². The van der Waals surface area contributed by atoms with E-state index in [4.69, 9.17) is 4.74 Å². The Kier molecular flexibility index (Phi) is 7.48. The lowest BCUT2D eigenvalue weighted by atomic mass is 9.96. The SMILES string of the molecule is O=C(COC(=O)/C=C/c1cccc([N+](=O)[O-])c1)NC(=O)NC1CCCCC1. The second-order valence-electron chi connectivity index (χ2n) is 6.15. The second-order valence-corrected chi connectivity index (χ2v) is 6.15. The molecule has 0 heterocycles. The molecule has 0 unspecified atom stereocenters. The van der Waals surface area contributed by atoms with Crippen LogP contribution in [0.3, 0.4) is 0 Å². The molecule has 0 radical (unpaired) electrons. The summed E-state index contributed by atoms with van der Waals surface area (Å²) < 4.78 is 4.74. The fraction of sp³-hybridized carbons (Fsp3) is 0.389. The molecule has 1 saturated carbocycles. The molecular formula is C18H21N3O6. The van der Waals surface area contributed by atoms with Gasteiger partial charge in [0, 0.05) is 24.3 Å². The van der Waals surface area contributed by atoms with Gasteiger partial charge in [-0.1, -0.05) is 31.4 Å². The summed E-state index contributed by atoms with van der Waals surface area (Å²) in [5.74, 6) is -1.54. The smallest absolute Gasteiger partial charge is 0.331 e. The van der Waals surface area contributed by atoms with Gasteiger partial charge in [0.05, 0.1) is 4.92 Å². The number of ether oxygens (including phenoxy) is 1. The van der Waals surface area contributed by atoms with Crippen molar-refractivity contribution in [3.63, 3.8) is 0 Å². The van der Waals surface area contributed by atoms with E-state index in [-0.39, 0.29) is 11.7 Å². The van der Waals surface area contributed by atoms with Crippen LogP contribution in [0, 0.1) is 10.1 Å². The molecule has 27 heavy (non-hydrogen) atoms.